The average Bonchev–Trinajstić information content (AvgIpc) is 3.19. The van der Waals surface area contributed by atoms with Gasteiger partial charge in [-0.25, -0.2) is 13.1 Å². The lowest BCUT2D eigenvalue weighted by Crippen LogP contribution is -2.44. The van der Waals surface area contributed by atoms with Gasteiger partial charge >= 0.3 is 0 Å². The van der Waals surface area contributed by atoms with E-state index < -0.39 is 15.6 Å². The SMILES string of the molecule is COc1ccc(C2(NS(=O)(=O)Cc3ccno3)CCCC2)cc1. The third kappa shape index (κ3) is 3.56. The zero-order valence-corrected chi connectivity index (χ0v) is 13.8. The molecule has 23 heavy (non-hydrogen) atoms. The minimum absolute atomic E-state index is 0.203. The first-order chi connectivity index (χ1) is 11.0. The highest BCUT2D eigenvalue weighted by atomic mass is 32.2. The summed E-state index contributed by atoms with van der Waals surface area (Å²) in [5, 5.41) is 3.55. The van der Waals surface area contributed by atoms with Crippen molar-refractivity contribution >= 4 is 10.0 Å². The van der Waals surface area contributed by atoms with Crippen molar-refractivity contribution in [2.75, 3.05) is 7.11 Å². The van der Waals surface area contributed by atoms with E-state index in [1.807, 2.05) is 24.3 Å². The standard InChI is InChI=1S/C16H20N2O4S/c1-21-14-6-4-13(5-7-14)16(9-2-3-10-16)18-23(19,20)12-15-8-11-17-22-15/h4-8,11,18H,2-3,9-10,12H2,1H3. The van der Waals surface area contributed by atoms with Gasteiger partial charge in [0.25, 0.3) is 0 Å². The van der Waals surface area contributed by atoms with Gasteiger partial charge in [0.2, 0.25) is 10.0 Å². The largest absolute Gasteiger partial charge is 0.497 e. The number of methoxy groups -OCH3 is 1. The summed E-state index contributed by atoms with van der Waals surface area (Å²) in [6.07, 6.45) is 5.01. The van der Waals surface area contributed by atoms with Crippen LogP contribution in [0.5, 0.6) is 5.75 Å². The van der Waals surface area contributed by atoms with E-state index in [1.165, 1.54) is 6.20 Å². The predicted octanol–water partition coefficient (Wildman–Crippen LogP) is 2.57. The average molecular weight is 336 g/mol. The van der Waals surface area contributed by atoms with E-state index >= 15 is 0 Å². The van der Waals surface area contributed by atoms with Crippen LogP contribution in [-0.4, -0.2) is 20.7 Å². The van der Waals surface area contributed by atoms with Gasteiger partial charge in [-0.1, -0.05) is 30.1 Å². The highest BCUT2D eigenvalue weighted by molar-refractivity contribution is 7.88. The van der Waals surface area contributed by atoms with Crippen LogP contribution < -0.4 is 9.46 Å². The van der Waals surface area contributed by atoms with Gasteiger partial charge in [0.05, 0.1) is 18.8 Å². The number of hydrogen-bond acceptors (Lipinski definition) is 5. The van der Waals surface area contributed by atoms with Crippen LogP contribution in [0.25, 0.3) is 0 Å². The van der Waals surface area contributed by atoms with E-state index in [0.29, 0.717) is 5.76 Å². The lowest BCUT2D eigenvalue weighted by Gasteiger charge is -2.30. The summed E-state index contributed by atoms with van der Waals surface area (Å²) in [4.78, 5) is 0. The van der Waals surface area contributed by atoms with Gasteiger partial charge in [-0.05, 0) is 30.5 Å². The molecule has 1 aromatic heterocycles. The second-order valence-electron chi connectivity index (χ2n) is 5.86. The lowest BCUT2D eigenvalue weighted by molar-refractivity contribution is 0.383. The Bertz CT molecular complexity index is 733. The highest BCUT2D eigenvalue weighted by Crippen LogP contribution is 2.40. The summed E-state index contributed by atoms with van der Waals surface area (Å²) >= 11 is 0. The van der Waals surface area contributed by atoms with Crippen molar-refractivity contribution < 1.29 is 17.7 Å². The molecule has 0 amide bonds. The number of aromatic nitrogens is 1. The van der Waals surface area contributed by atoms with Gasteiger partial charge in [-0.2, -0.15) is 0 Å². The molecule has 1 saturated carbocycles. The Labute approximate surface area is 135 Å². The molecule has 1 aliphatic carbocycles. The summed E-state index contributed by atoms with van der Waals surface area (Å²) in [7, 11) is -1.91. The van der Waals surface area contributed by atoms with E-state index in [9.17, 15) is 8.42 Å². The number of benzene rings is 1. The first-order valence-corrected chi connectivity index (χ1v) is 9.24. The van der Waals surface area contributed by atoms with Crippen LogP contribution in [-0.2, 0) is 21.3 Å². The Kier molecular flexibility index (Phi) is 4.41. The molecule has 1 aromatic carbocycles. The van der Waals surface area contributed by atoms with Gasteiger partial charge in [-0.3, -0.25) is 0 Å². The molecule has 0 radical (unpaired) electrons. The third-order valence-electron chi connectivity index (χ3n) is 4.27. The molecule has 7 heteroatoms. The molecule has 0 bridgehead atoms. The van der Waals surface area contributed by atoms with Crippen LogP contribution in [0.4, 0.5) is 0 Å². The van der Waals surface area contributed by atoms with Crippen LogP contribution in [0.2, 0.25) is 0 Å². The Balaban J connectivity index is 1.85. The number of hydrogen-bond donors (Lipinski definition) is 1. The number of ether oxygens (including phenoxy) is 1. The molecule has 1 aliphatic rings. The van der Waals surface area contributed by atoms with Crippen molar-refractivity contribution in [2.24, 2.45) is 0 Å². The third-order valence-corrected chi connectivity index (χ3v) is 5.64. The van der Waals surface area contributed by atoms with Crippen LogP contribution >= 0.6 is 0 Å². The van der Waals surface area contributed by atoms with E-state index in [0.717, 1.165) is 37.0 Å². The smallest absolute Gasteiger partial charge is 0.219 e. The zero-order chi connectivity index (χ0) is 16.3. The number of sulfonamides is 1. The van der Waals surface area contributed by atoms with Crippen molar-refractivity contribution in [1.82, 2.24) is 9.88 Å². The fourth-order valence-electron chi connectivity index (χ4n) is 3.18. The fourth-order valence-corrected chi connectivity index (χ4v) is 4.69. The second kappa shape index (κ2) is 6.33. The van der Waals surface area contributed by atoms with E-state index in [-0.39, 0.29) is 5.75 Å². The summed E-state index contributed by atoms with van der Waals surface area (Å²) < 4.78 is 38.1. The van der Waals surface area contributed by atoms with Crippen LogP contribution in [0.3, 0.4) is 0 Å². The quantitative estimate of drug-likeness (QED) is 0.877. The van der Waals surface area contributed by atoms with Crippen LogP contribution in [0.15, 0.2) is 41.1 Å². The maximum Gasteiger partial charge on any atom is 0.219 e. The molecule has 1 N–H and O–H groups in total. The molecule has 0 spiro atoms. The zero-order valence-electron chi connectivity index (χ0n) is 13.0. The van der Waals surface area contributed by atoms with Crippen molar-refractivity contribution in [3.63, 3.8) is 0 Å². The molecular weight excluding hydrogens is 316 g/mol. The fraction of sp³-hybridized carbons (Fsp3) is 0.438. The van der Waals surface area contributed by atoms with Crippen LogP contribution in [0.1, 0.15) is 37.0 Å². The number of nitrogens with one attached hydrogen (secondary N) is 1. The van der Waals surface area contributed by atoms with E-state index in [1.54, 1.807) is 13.2 Å². The monoisotopic (exact) mass is 336 g/mol. The van der Waals surface area contributed by atoms with Gasteiger partial charge in [0, 0.05) is 6.07 Å². The maximum absolute atomic E-state index is 12.5. The van der Waals surface area contributed by atoms with Crippen molar-refractivity contribution in [2.45, 2.75) is 37.0 Å². The molecule has 1 fully saturated rings. The van der Waals surface area contributed by atoms with Gasteiger partial charge in [-0.15, -0.1) is 0 Å². The number of rotatable bonds is 6. The second-order valence-corrected chi connectivity index (χ2v) is 7.58. The Morgan fingerprint density at radius 3 is 2.48 bits per heavy atom. The molecule has 3 rings (SSSR count). The molecule has 6 nitrogen and oxygen atoms in total. The highest BCUT2D eigenvalue weighted by Gasteiger charge is 2.39. The van der Waals surface area contributed by atoms with E-state index in [2.05, 4.69) is 9.88 Å². The van der Waals surface area contributed by atoms with Crippen molar-refractivity contribution in [1.29, 1.82) is 0 Å². The summed E-state index contributed by atoms with van der Waals surface area (Å²) in [6, 6.07) is 9.15. The molecule has 0 aliphatic heterocycles. The Hall–Kier alpha value is -1.86. The molecular formula is C16H20N2O4S. The summed E-state index contributed by atoms with van der Waals surface area (Å²) in [5.74, 6) is 0.886. The Morgan fingerprint density at radius 1 is 1.22 bits per heavy atom. The Morgan fingerprint density at radius 2 is 1.91 bits per heavy atom. The summed E-state index contributed by atoms with van der Waals surface area (Å²) in [5.41, 5.74) is 0.419. The predicted molar refractivity (Wildman–Crippen MR) is 85.4 cm³/mol. The first kappa shape index (κ1) is 16.0. The molecule has 1 heterocycles. The van der Waals surface area contributed by atoms with Crippen molar-refractivity contribution in [3.8, 4) is 5.75 Å². The van der Waals surface area contributed by atoms with Gasteiger partial charge in [0.15, 0.2) is 5.76 Å². The minimum Gasteiger partial charge on any atom is -0.497 e. The minimum atomic E-state index is -3.53. The molecule has 2 aromatic rings. The van der Waals surface area contributed by atoms with Crippen LogP contribution in [0, 0.1) is 0 Å². The topological polar surface area (TPSA) is 81.4 Å². The first-order valence-electron chi connectivity index (χ1n) is 7.59. The lowest BCUT2D eigenvalue weighted by atomic mass is 9.89. The molecule has 0 unspecified atom stereocenters. The maximum atomic E-state index is 12.5. The molecule has 124 valence electrons. The van der Waals surface area contributed by atoms with E-state index in [4.69, 9.17) is 9.26 Å². The van der Waals surface area contributed by atoms with Gasteiger partial charge < -0.3 is 9.26 Å². The molecule has 0 saturated heterocycles. The molecule has 0 atom stereocenters. The van der Waals surface area contributed by atoms with Gasteiger partial charge in [0.1, 0.15) is 11.5 Å². The summed E-state index contributed by atoms with van der Waals surface area (Å²) in [6.45, 7) is 0. The number of nitrogens with zero attached hydrogens (tertiary/aromatic N) is 1. The normalized spacial score (nSPS) is 17.3. The van der Waals surface area contributed by atoms with Crippen molar-refractivity contribution in [3.05, 3.63) is 47.9 Å².